The van der Waals surface area contributed by atoms with Gasteiger partial charge in [-0.15, -0.1) is 0 Å². The largest absolute Gasteiger partial charge is 0.339 e. The van der Waals surface area contributed by atoms with E-state index in [1.165, 1.54) is 0 Å². The first-order chi connectivity index (χ1) is 13.1. The lowest BCUT2D eigenvalue weighted by molar-refractivity contribution is 0.239. The maximum Gasteiger partial charge on any atom is 0.231 e. The van der Waals surface area contributed by atoms with Crippen LogP contribution in [-0.4, -0.2) is 35.2 Å². The standard InChI is InChI=1S/C20H27N3O3S/c24-27(25,15-17-10-4-5-11-17)23-13-7-6-12-18(23)20-21-19(26-22-20)14-16-8-2-1-3-9-16/h1-3,8-9,17-18H,4-7,10-15H2/t18-/m0/s1. The minimum absolute atomic E-state index is 0.262. The average Bonchev–Trinajstić information content (AvgIpc) is 3.34. The van der Waals surface area contributed by atoms with Crippen LogP contribution in [0.5, 0.6) is 0 Å². The zero-order valence-electron chi connectivity index (χ0n) is 15.6. The van der Waals surface area contributed by atoms with Crippen LogP contribution >= 0.6 is 0 Å². The zero-order chi connectivity index (χ0) is 18.7. The molecule has 1 aromatic heterocycles. The molecule has 4 rings (SSSR count). The maximum atomic E-state index is 13.1. The summed E-state index contributed by atoms with van der Waals surface area (Å²) in [5.41, 5.74) is 1.10. The van der Waals surface area contributed by atoms with Gasteiger partial charge < -0.3 is 4.52 Å². The Kier molecular flexibility index (Phi) is 5.59. The Bertz CT molecular complexity index is 844. The van der Waals surface area contributed by atoms with Crippen LogP contribution in [0.25, 0.3) is 0 Å². The molecule has 0 unspecified atom stereocenters. The molecule has 2 heterocycles. The first-order valence-corrected chi connectivity index (χ1v) is 11.6. The molecule has 1 atom stereocenters. The summed E-state index contributed by atoms with van der Waals surface area (Å²) >= 11 is 0. The van der Waals surface area contributed by atoms with E-state index in [1.807, 2.05) is 30.3 Å². The SMILES string of the molecule is O=S(=O)(CC1CCCC1)N1CCCC[C@H]1c1noc(Cc2ccccc2)n1. The van der Waals surface area contributed by atoms with Gasteiger partial charge in [-0.2, -0.15) is 9.29 Å². The van der Waals surface area contributed by atoms with Crippen molar-refractivity contribution in [2.24, 2.45) is 5.92 Å². The summed E-state index contributed by atoms with van der Waals surface area (Å²) in [6.07, 6.45) is 7.57. The van der Waals surface area contributed by atoms with E-state index in [2.05, 4.69) is 10.1 Å². The van der Waals surface area contributed by atoms with Gasteiger partial charge in [0, 0.05) is 6.54 Å². The van der Waals surface area contributed by atoms with Crippen LogP contribution < -0.4 is 0 Å². The Labute approximate surface area is 161 Å². The molecule has 1 saturated heterocycles. The molecule has 6 nitrogen and oxygen atoms in total. The maximum absolute atomic E-state index is 13.1. The third-order valence-corrected chi connectivity index (χ3v) is 7.76. The van der Waals surface area contributed by atoms with E-state index >= 15 is 0 Å². The fourth-order valence-corrected chi connectivity index (χ4v) is 6.43. The second-order valence-electron chi connectivity index (χ2n) is 7.76. The molecule has 1 aliphatic carbocycles. The van der Waals surface area contributed by atoms with E-state index in [0.717, 1.165) is 50.5 Å². The summed E-state index contributed by atoms with van der Waals surface area (Å²) in [5.74, 6) is 1.61. The van der Waals surface area contributed by atoms with E-state index in [-0.39, 0.29) is 11.8 Å². The molecular weight excluding hydrogens is 362 g/mol. The fraction of sp³-hybridized carbons (Fsp3) is 0.600. The summed E-state index contributed by atoms with van der Waals surface area (Å²) in [5, 5.41) is 4.14. The Morgan fingerprint density at radius 3 is 2.56 bits per heavy atom. The van der Waals surface area contributed by atoms with Gasteiger partial charge in [-0.05, 0) is 37.2 Å². The molecule has 1 aromatic carbocycles. The second-order valence-corrected chi connectivity index (χ2v) is 9.73. The number of nitrogens with zero attached hydrogens (tertiary/aromatic N) is 3. The van der Waals surface area contributed by atoms with Crippen LogP contribution in [-0.2, 0) is 16.4 Å². The molecule has 0 amide bonds. The van der Waals surface area contributed by atoms with Crippen molar-refractivity contribution in [1.82, 2.24) is 14.4 Å². The number of aromatic nitrogens is 2. The highest BCUT2D eigenvalue weighted by Crippen LogP contribution is 2.34. The number of piperidine rings is 1. The smallest absolute Gasteiger partial charge is 0.231 e. The quantitative estimate of drug-likeness (QED) is 0.753. The van der Waals surface area contributed by atoms with Crippen molar-refractivity contribution in [3.05, 3.63) is 47.6 Å². The van der Waals surface area contributed by atoms with E-state index in [0.29, 0.717) is 30.6 Å². The molecule has 146 valence electrons. The summed E-state index contributed by atoms with van der Waals surface area (Å²) in [6.45, 7) is 0.558. The first-order valence-electron chi connectivity index (χ1n) is 9.98. The van der Waals surface area contributed by atoms with E-state index in [9.17, 15) is 8.42 Å². The predicted octanol–water partition coefficient (Wildman–Crippen LogP) is 3.71. The fourth-order valence-electron chi connectivity index (χ4n) is 4.31. The first kappa shape index (κ1) is 18.6. The molecule has 27 heavy (non-hydrogen) atoms. The van der Waals surface area contributed by atoms with Gasteiger partial charge in [0.15, 0.2) is 5.82 Å². The van der Waals surface area contributed by atoms with E-state index in [4.69, 9.17) is 4.52 Å². The normalized spacial score (nSPS) is 22.3. The molecule has 1 saturated carbocycles. The summed E-state index contributed by atoms with van der Waals surface area (Å²) in [7, 11) is -3.30. The van der Waals surface area contributed by atoms with Crippen molar-refractivity contribution in [2.45, 2.75) is 57.4 Å². The zero-order valence-corrected chi connectivity index (χ0v) is 16.4. The minimum atomic E-state index is -3.30. The second kappa shape index (κ2) is 8.10. The van der Waals surface area contributed by atoms with Crippen molar-refractivity contribution in [2.75, 3.05) is 12.3 Å². The van der Waals surface area contributed by atoms with Gasteiger partial charge in [0.2, 0.25) is 15.9 Å². The minimum Gasteiger partial charge on any atom is -0.339 e. The Hall–Kier alpha value is -1.73. The highest BCUT2D eigenvalue weighted by Gasteiger charge is 2.37. The third kappa shape index (κ3) is 4.41. The Morgan fingerprint density at radius 2 is 1.78 bits per heavy atom. The van der Waals surface area contributed by atoms with Crippen LogP contribution in [0, 0.1) is 5.92 Å². The number of benzene rings is 1. The third-order valence-electron chi connectivity index (χ3n) is 5.71. The molecule has 1 aliphatic heterocycles. The molecule has 2 fully saturated rings. The monoisotopic (exact) mass is 389 g/mol. The molecule has 2 aromatic rings. The predicted molar refractivity (Wildman–Crippen MR) is 103 cm³/mol. The molecule has 0 N–H and O–H groups in total. The van der Waals surface area contributed by atoms with Crippen molar-refractivity contribution in [3.63, 3.8) is 0 Å². The van der Waals surface area contributed by atoms with Crippen molar-refractivity contribution in [3.8, 4) is 0 Å². The summed E-state index contributed by atoms with van der Waals surface area (Å²) in [4.78, 5) is 4.54. The van der Waals surface area contributed by atoms with Gasteiger partial charge in [0.1, 0.15) is 0 Å². The van der Waals surface area contributed by atoms with Gasteiger partial charge in [-0.1, -0.05) is 54.8 Å². The molecule has 0 radical (unpaired) electrons. The number of hydrogen-bond acceptors (Lipinski definition) is 5. The van der Waals surface area contributed by atoms with E-state index < -0.39 is 10.0 Å². The molecule has 2 aliphatic rings. The number of sulfonamides is 1. The molecular formula is C20H27N3O3S. The summed E-state index contributed by atoms with van der Waals surface area (Å²) in [6, 6.07) is 9.66. The van der Waals surface area contributed by atoms with Crippen LogP contribution in [0.1, 0.15) is 68.3 Å². The lowest BCUT2D eigenvalue weighted by Gasteiger charge is -2.33. The molecule has 7 heteroatoms. The van der Waals surface area contributed by atoms with Crippen molar-refractivity contribution >= 4 is 10.0 Å². The van der Waals surface area contributed by atoms with Gasteiger partial charge in [0.05, 0.1) is 18.2 Å². The lowest BCUT2D eigenvalue weighted by atomic mass is 10.0. The highest BCUT2D eigenvalue weighted by atomic mass is 32.2. The van der Waals surface area contributed by atoms with Crippen LogP contribution in [0.2, 0.25) is 0 Å². The van der Waals surface area contributed by atoms with Crippen LogP contribution in [0.3, 0.4) is 0 Å². The van der Waals surface area contributed by atoms with Crippen LogP contribution in [0.4, 0.5) is 0 Å². The van der Waals surface area contributed by atoms with Gasteiger partial charge in [-0.3, -0.25) is 0 Å². The van der Waals surface area contributed by atoms with Crippen LogP contribution in [0.15, 0.2) is 34.9 Å². The van der Waals surface area contributed by atoms with Gasteiger partial charge in [0.25, 0.3) is 0 Å². The Morgan fingerprint density at radius 1 is 1.04 bits per heavy atom. The number of hydrogen-bond donors (Lipinski definition) is 0. The van der Waals surface area contributed by atoms with E-state index in [1.54, 1.807) is 4.31 Å². The molecule has 0 bridgehead atoms. The van der Waals surface area contributed by atoms with Gasteiger partial charge in [-0.25, -0.2) is 8.42 Å². The molecule has 0 spiro atoms. The summed E-state index contributed by atoms with van der Waals surface area (Å²) < 4.78 is 33.2. The van der Waals surface area contributed by atoms with Gasteiger partial charge >= 0.3 is 0 Å². The van der Waals surface area contributed by atoms with Crippen molar-refractivity contribution < 1.29 is 12.9 Å². The average molecular weight is 390 g/mol. The Balaban J connectivity index is 1.50. The lowest BCUT2D eigenvalue weighted by Crippen LogP contribution is -2.41. The van der Waals surface area contributed by atoms with Crippen molar-refractivity contribution in [1.29, 1.82) is 0 Å². The highest BCUT2D eigenvalue weighted by molar-refractivity contribution is 7.89. The number of rotatable bonds is 6. The topological polar surface area (TPSA) is 76.3 Å².